The van der Waals surface area contributed by atoms with E-state index in [1.165, 1.54) is 25.0 Å². The van der Waals surface area contributed by atoms with Gasteiger partial charge in [0.15, 0.2) is 0 Å². The quantitative estimate of drug-likeness (QED) is 0.389. The number of carbonyl (C=O) groups is 1. The van der Waals surface area contributed by atoms with Gasteiger partial charge in [0.1, 0.15) is 23.4 Å². The zero-order valence-corrected chi connectivity index (χ0v) is 22.5. The normalized spacial score (nSPS) is 41.5. The van der Waals surface area contributed by atoms with Crippen LogP contribution in [0.25, 0.3) is 0 Å². The number of hydrogen-bond acceptors (Lipinski definition) is 7. The first-order chi connectivity index (χ1) is 17.3. The number of likely N-dealkylation sites (tertiary alicyclic amines) is 1. The number of epoxide rings is 2. The van der Waals surface area contributed by atoms with E-state index in [1.807, 2.05) is 4.90 Å². The molecule has 4 aliphatic heterocycles. The summed E-state index contributed by atoms with van der Waals surface area (Å²) >= 11 is 0. The molecule has 2 aliphatic carbocycles. The molecule has 36 heavy (non-hydrogen) atoms. The van der Waals surface area contributed by atoms with Crippen molar-refractivity contribution in [3.63, 3.8) is 0 Å². The second-order valence-electron chi connectivity index (χ2n) is 12.8. The second-order valence-corrected chi connectivity index (χ2v) is 12.8. The molecule has 0 bridgehead atoms. The lowest BCUT2D eigenvalue weighted by Crippen LogP contribution is -2.65. The van der Waals surface area contributed by atoms with E-state index in [9.17, 15) is 4.79 Å². The largest absolute Gasteiger partial charge is 0.443 e. The lowest BCUT2D eigenvalue weighted by molar-refractivity contribution is -0.137. The van der Waals surface area contributed by atoms with Crippen LogP contribution < -0.4 is 0 Å². The number of amides is 1. The highest BCUT2D eigenvalue weighted by Gasteiger charge is 2.72. The average molecular weight is 505 g/mol. The monoisotopic (exact) mass is 504 g/mol. The SMILES string of the molecule is COC1C(OC(=O)N2CC3(CC(CN4CCOCC4)C3)C2)CCC2(CO2)C1[C@@]1(C)O[C@@H]1CC=C(C)C. The lowest BCUT2D eigenvalue weighted by Gasteiger charge is -2.59. The maximum atomic E-state index is 13.1. The molecule has 6 rings (SSSR count). The summed E-state index contributed by atoms with van der Waals surface area (Å²) in [5.41, 5.74) is 1.12. The van der Waals surface area contributed by atoms with Gasteiger partial charge in [-0.25, -0.2) is 4.79 Å². The zero-order valence-electron chi connectivity index (χ0n) is 22.5. The summed E-state index contributed by atoms with van der Waals surface area (Å²) in [6.07, 6.45) is 6.74. The van der Waals surface area contributed by atoms with E-state index >= 15 is 0 Å². The third-order valence-corrected chi connectivity index (χ3v) is 9.86. The standard InChI is InChI=1S/C28H44N2O6/c1-19(2)5-6-22-26(3,36-22)24-23(32-4)21(7-8-28(24)18-34-28)35-25(31)30-16-27(17-30)13-20(14-27)15-29-9-11-33-12-10-29/h5,20-24H,6-18H2,1-4H3/t21?,22-,23?,24?,26+,28?/m1/s1. The predicted molar refractivity (Wildman–Crippen MR) is 134 cm³/mol. The summed E-state index contributed by atoms with van der Waals surface area (Å²) in [7, 11) is 1.73. The molecule has 8 heteroatoms. The zero-order chi connectivity index (χ0) is 25.1. The van der Waals surface area contributed by atoms with Crippen LogP contribution in [0.4, 0.5) is 4.79 Å². The molecule has 4 unspecified atom stereocenters. The van der Waals surface area contributed by atoms with E-state index in [2.05, 4.69) is 31.7 Å². The molecular formula is C28H44N2O6. The molecule has 1 amide bonds. The molecular weight excluding hydrogens is 460 g/mol. The van der Waals surface area contributed by atoms with Crippen LogP contribution in [0.1, 0.15) is 52.9 Å². The van der Waals surface area contributed by atoms with Gasteiger partial charge < -0.3 is 28.6 Å². The fraction of sp³-hybridized carbons (Fsp3) is 0.893. The minimum atomic E-state index is -0.309. The van der Waals surface area contributed by atoms with Gasteiger partial charge in [0.2, 0.25) is 0 Å². The van der Waals surface area contributed by atoms with Gasteiger partial charge in [0.25, 0.3) is 0 Å². The molecule has 0 aromatic rings. The number of nitrogens with zero attached hydrogens (tertiary/aromatic N) is 2. The molecule has 2 saturated carbocycles. The second kappa shape index (κ2) is 9.23. The Labute approximate surface area is 215 Å². The Balaban J connectivity index is 1.02. The summed E-state index contributed by atoms with van der Waals surface area (Å²) in [6, 6.07) is 0. The van der Waals surface area contributed by atoms with Crippen molar-refractivity contribution in [3.05, 3.63) is 11.6 Å². The molecule has 202 valence electrons. The summed E-state index contributed by atoms with van der Waals surface area (Å²) in [6.45, 7) is 13.8. The topological polar surface area (TPSA) is 76.3 Å². The molecule has 2 spiro atoms. The third kappa shape index (κ3) is 4.51. The number of methoxy groups -OCH3 is 1. The van der Waals surface area contributed by atoms with Crippen LogP contribution in [-0.2, 0) is 23.7 Å². The fourth-order valence-electron chi connectivity index (χ4n) is 7.87. The van der Waals surface area contributed by atoms with Gasteiger partial charge in [-0.3, -0.25) is 4.90 Å². The Kier molecular flexibility index (Phi) is 6.43. The van der Waals surface area contributed by atoms with E-state index in [0.717, 1.165) is 71.2 Å². The minimum absolute atomic E-state index is 0.0624. The number of rotatable bonds is 7. The lowest BCUT2D eigenvalue weighted by atomic mass is 9.57. The summed E-state index contributed by atoms with van der Waals surface area (Å²) < 4.78 is 30.0. The highest BCUT2D eigenvalue weighted by Crippen LogP contribution is 2.60. The van der Waals surface area contributed by atoms with Gasteiger partial charge in [-0.15, -0.1) is 0 Å². The third-order valence-electron chi connectivity index (χ3n) is 9.86. The molecule has 0 aromatic heterocycles. The molecule has 8 nitrogen and oxygen atoms in total. The van der Waals surface area contributed by atoms with Crippen LogP contribution >= 0.6 is 0 Å². The first-order valence-corrected chi connectivity index (χ1v) is 14.0. The summed E-state index contributed by atoms with van der Waals surface area (Å²) in [5.74, 6) is 0.818. The van der Waals surface area contributed by atoms with Gasteiger partial charge in [-0.2, -0.15) is 0 Å². The summed E-state index contributed by atoms with van der Waals surface area (Å²) in [4.78, 5) is 17.6. The smallest absolute Gasteiger partial charge is 0.410 e. The first-order valence-electron chi connectivity index (χ1n) is 14.0. The van der Waals surface area contributed by atoms with Gasteiger partial charge in [0.05, 0.1) is 31.8 Å². The van der Waals surface area contributed by atoms with Crippen molar-refractivity contribution in [1.82, 2.24) is 9.80 Å². The molecule has 4 saturated heterocycles. The fourth-order valence-corrected chi connectivity index (χ4v) is 7.87. The van der Waals surface area contributed by atoms with E-state index in [1.54, 1.807) is 7.11 Å². The van der Waals surface area contributed by atoms with Crippen molar-refractivity contribution >= 4 is 6.09 Å². The highest BCUT2D eigenvalue weighted by atomic mass is 16.6. The molecule has 0 radical (unpaired) electrons. The Morgan fingerprint density at radius 1 is 1.17 bits per heavy atom. The Morgan fingerprint density at radius 3 is 2.53 bits per heavy atom. The van der Waals surface area contributed by atoms with Gasteiger partial charge in [-0.05, 0) is 58.8 Å². The molecule has 6 aliphatic rings. The molecule has 6 fully saturated rings. The molecule has 6 atom stereocenters. The molecule has 4 heterocycles. The maximum absolute atomic E-state index is 13.1. The number of allylic oxidation sites excluding steroid dienone is 1. The number of hydrogen-bond donors (Lipinski definition) is 0. The van der Waals surface area contributed by atoms with Crippen LogP contribution in [-0.4, -0.2) is 105 Å². The van der Waals surface area contributed by atoms with Crippen molar-refractivity contribution in [2.24, 2.45) is 17.3 Å². The number of morpholine rings is 1. The van der Waals surface area contributed by atoms with Crippen LogP contribution in [0.15, 0.2) is 11.6 Å². The van der Waals surface area contributed by atoms with E-state index in [4.69, 9.17) is 23.7 Å². The predicted octanol–water partition coefficient (Wildman–Crippen LogP) is 3.24. The van der Waals surface area contributed by atoms with Crippen molar-refractivity contribution < 1.29 is 28.5 Å². The van der Waals surface area contributed by atoms with Gasteiger partial charge >= 0.3 is 6.09 Å². The summed E-state index contributed by atoms with van der Waals surface area (Å²) in [5, 5.41) is 0. The van der Waals surface area contributed by atoms with Crippen molar-refractivity contribution in [3.8, 4) is 0 Å². The average Bonchev–Trinajstić information content (AvgIpc) is 3.72. The number of carbonyl (C=O) groups excluding carboxylic acids is 1. The van der Waals surface area contributed by atoms with Gasteiger partial charge in [-0.1, -0.05) is 11.6 Å². The van der Waals surface area contributed by atoms with Crippen molar-refractivity contribution in [2.75, 3.05) is 59.7 Å². The first kappa shape index (κ1) is 25.1. The minimum Gasteiger partial charge on any atom is -0.443 e. The van der Waals surface area contributed by atoms with E-state index in [-0.39, 0.29) is 41.5 Å². The van der Waals surface area contributed by atoms with Crippen LogP contribution in [0.5, 0.6) is 0 Å². The van der Waals surface area contributed by atoms with Crippen LogP contribution in [0.3, 0.4) is 0 Å². The van der Waals surface area contributed by atoms with Crippen molar-refractivity contribution in [1.29, 1.82) is 0 Å². The highest BCUT2D eigenvalue weighted by molar-refractivity contribution is 5.69. The van der Waals surface area contributed by atoms with Gasteiger partial charge in [0, 0.05) is 45.2 Å². The Morgan fingerprint density at radius 2 is 1.89 bits per heavy atom. The van der Waals surface area contributed by atoms with E-state index < -0.39 is 0 Å². The van der Waals surface area contributed by atoms with Crippen LogP contribution in [0, 0.1) is 17.3 Å². The molecule has 0 N–H and O–H groups in total. The van der Waals surface area contributed by atoms with Crippen molar-refractivity contribution in [2.45, 2.75) is 82.4 Å². The van der Waals surface area contributed by atoms with Crippen LogP contribution in [0.2, 0.25) is 0 Å². The molecule has 0 aromatic carbocycles. The number of ether oxygens (including phenoxy) is 5. The Hall–Kier alpha value is -1.19. The maximum Gasteiger partial charge on any atom is 0.410 e. The Bertz CT molecular complexity index is 865. The van der Waals surface area contributed by atoms with E-state index in [0.29, 0.717) is 5.41 Å².